The molecule has 146 valence electrons. The summed E-state index contributed by atoms with van der Waals surface area (Å²) >= 11 is 0. The molecule has 0 aliphatic carbocycles. The van der Waals surface area contributed by atoms with E-state index in [1.165, 1.54) is 4.68 Å². The smallest absolute Gasteiger partial charge is 0.346 e. The van der Waals surface area contributed by atoms with Crippen LogP contribution < -0.4 is 11.0 Å². The maximum atomic E-state index is 12.5. The number of nitrogens with zero attached hydrogens (tertiary/aromatic N) is 4. The largest absolute Gasteiger partial charge is 0.379 e. The summed E-state index contributed by atoms with van der Waals surface area (Å²) in [6, 6.07) is 0.276. The summed E-state index contributed by atoms with van der Waals surface area (Å²) in [7, 11) is 0. The summed E-state index contributed by atoms with van der Waals surface area (Å²) in [5, 5.41) is 7.38. The Bertz CT molecular complexity index is 660. The maximum absolute atomic E-state index is 12.5. The molecule has 1 N–H and O–H groups in total. The average molecular weight is 365 g/mol. The van der Waals surface area contributed by atoms with E-state index in [-0.39, 0.29) is 24.2 Å². The second-order valence-electron chi connectivity index (χ2n) is 7.58. The Balaban J connectivity index is 1.57. The highest BCUT2D eigenvalue weighted by Crippen LogP contribution is 2.12. The third-order valence-electron chi connectivity index (χ3n) is 5.37. The highest BCUT2D eigenvalue weighted by molar-refractivity contribution is 5.75. The first-order valence-electron chi connectivity index (χ1n) is 9.81. The molecular weight excluding hydrogens is 334 g/mol. The minimum Gasteiger partial charge on any atom is -0.379 e. The van der Waals surface area contributed by atoms with Crippen LogP contribution in [0.25, 0.3) is 0 Å². The molecule has 26 heavy (non-hydrogen) atoms. The van der Waals surface area contributed by atoms with Crippen LogP contribution in [0.1, 0.15) is 38.9 Å². The highest BCUT2D eigenvalue weighted by atomic mass is 16.5. The average Bonchev–Trinajstić information content (AvgIpc) is 2.79. The standard InChI is InChI=1S/C18H31N5O3/c1-14(2)15(21-8-10-26-11-9-21)12-19-17(24)13-23-18(25)22-7-5-3-4-6-16(22)20-23/h14-15H,3-13H2,1-2H3,(H,19,24). The highest BCUT2D eigenvalue weighted by Gasteiger charge is 2.24. The lowest BCUT2D eigenvalue weighted by molar-refractivity contribution is -0.122. The van der Waals surface area contributed by atoms with Gasteiger partial charge in [0.05, 0.1) is 13.2 Å². The molecule has 0 radical (unpaired) electrons. The second kappa shape index (κ2) is 8.81. The summed E-state index contributed by atoms with van der Waals surface area (Å²) < 4.78 is 8.46. The number of hydrogen-bond acceptors (Lipinski definition) is 5. The monoisotopic (exact) mass is 365 g/mol. The van der Waals surface area contributed by atoms with Gasteiger partial charge in [-0.15, -0.1) is 0 Å². The first-order chi connectivity index (χ1) is 12.6. The van der Waals surface area contributed by atoms with Crippen molar-refractivity contribution in [1.82, 2.24) is 24.6 Å². The number of aryl methyl sites for hydroxylation is 1. The van der Waals surface area contributed by atoms with Gasteiger partial charge in [-0.25, -0.2) is 9.48 Å². The Morgan fingerprint density at radius 2 is 1.96 bits per heavy atom. The Hall–Kier alpha value is -1.67. The van der Waals surface area contributed by atoms with E-state index in [0.29, 0.717) is 19.0 Å². The molecule has 1 aromatic heterocycles. The summed E-state index contributed by atoms with van der Waals surface area (Å²) in [5.41, 5.74) is -0.161. The van der Waals surface area contributed by atoms with E-state index in [9.17, 15) is 9.59 Å². The molecule has 0 spiro atoms. The van der Waals surface area contributed by atoms with Crippen molar-refractivity contribution in [2.24, 2.45) is 5.92 Å². The molecule has 2 aliphatic heterocycles. The number of aromatic nitrogens is 3. The molecule has 1 fully saturated rings. The van der Waals surface area contributed by atoms with Crippen LogP contribution in [0.2, 0.25) is 0 Å². The van der Waals surface area contributed by atoms with Crippen molar-refractivity contribution in [2.45, 2.75) is 58.7 Å². The molecule has 0 aromatic carbocycles. The number of ether oxygens (including phenoxy) is 1. The fourth-order valence-corrected chi connectivity index (χ4v) is 3.83. The van der Waals surface area contributed by atoms with Gasteiger partial charge in [0, 0.05) is 38.6 Å². The molecular formula is C18H31N5O3. The third kappa shape index (κ3) is 4.54. The number of morpholine rings is 1. The van der Waals surface area contributed by atoms with Gasteiger partial charge in [0.25, 0.3) is 0 Å². The number of nitrogens with one attached hydrogen (secondary N) is 1. The SMILES string of the molecule is CC(C)C(CNC(=O)Cn1nc2n(c1=O)CCCCC2)N1CCOCC1. The number of rotatable bonds is 6. The van der Waals surface area contributed by atoms with Crippen LogP contribution in [-0.2, 0) is 29.0 Å². The van der Waals surface area contributed by atoms with Crippen molar-refractivity contribution >= 4 is 5.91 Å². The first kappa shape index (κ1) is 19.1. The zero-order chi connectivity index (χ0) is 18.5. The molecule has 1 amide bonds. The Morgan fingerprint density at radius 1 is 1.19 bits per heavy atom. The fourth-order valence-electron chi connectivity index (χ4n) is 3.83. The molecule has 3 heterocycles. The van der Waals surface area contributed by atoms with Crippen molar-refractivity contribution < 1.29 is 9.53 Å². The Morgan fingerprint density at radius 3 is 2.69 bits per heavy atom. The Labute approximate surface area is 154 Å². The molecule has 0 bridgehead atoms. The van der Waals surface area contributed by atoms with Gasteiger partial charge in [-0.05, 0) is 18.8 Å². The van der Waals surface area contributed by atoms with E-state index < -0.39 is 0 Å². The summed E-state index contributed by atoms with van der Waals surface area (Å²) in [6.07, 6.45) is 4.00. The van der Waals surface area contributed by atoms with Gasteiger partial charge >= 0.3 is 5.69 Å². The predicted molar refractivity (Wildman–Crippen MR) is 98.1 cm³/mol. The molecule has 1 aromatic rings. The van der Waals surface area contributed by atoms with Crippen LogP contribution in [0.4, 0.5) is 0 Å². The van der Waals surface area contributed by atoms with Crippen LogP contribution >= 0.6 is 0 Å². The van der Waals surface area contributed by atoms with Crippen molar-refractivity contribution in [3.63, 3.8) is 0 Å². The fraction of sp³-hybridized carbons (Fsp3) is 0.833. The van der Waals surface area contributed by atoms with Crippen LogP contribution in [0, 0.1) is 5.92 Å². The van der Waals surface area contributed by atoms with Crippen LogP contribution in [0.15, 0.2) is 4.79 Å². The van der Waals surface area contributed by atoms with Crippen molar-refractivity contribution in [3.8, 4) is 0 Å². The molecule has 8 nitrogen and oxygen atoms in total. The zero-order valence-electron chi connectivity index (χ0n) is 15.9. The number of fused-ring (bicyclic) bond motifs is 1. The van der Waals surface area contributed by atoms with Crippen LogP contribution in [0.5, 0.6) is 0 Å². The van der Waals surface area contributed by atoms with Gasteiger partial charge in [0.15, 0.2) is 0 Å². The molecule has 2 aliphatic rings. The molecule has 0 saturated carbocycles. The third-order valence-corrected chi connectivity index (χ3v) is 5.37. The van der Waals surface area contributed by atoms with Crippen molar-refractivity contribution in [2.75, 3.05) is 32.8 Å². The predicted octanol–water partition coefficient (Wildman–Crippen LogP) is 0.244. The van der Waals surface area contributed by atoms with Gasteiger partial charge in [0.1, 0.15) is 12.4 Å². The van der Waals surface area contributed by atoms with Crippen LogP contribution in [-0.4, -0.2) is 64.0 Å². The second-order valence-corrected chi connectivity index (χ2v) is 7.58. The normalized spacial score (nSPS) is 19.8. The van der Waals surface area contributed by atoms with E-state index in [1.54, 1.807) is 4.57 Å². The lowest BCUT2D eigenvalue weighted by atomic mass is 10.0. The zero-order valence-corrected chi connectivity index (χ0v) is 15.9. The number of carbonyl (C=O) groups excluding carboxylic acids is 1. The Kier molecular flexibility index (Phi) is 6.48. The lowest BCUT2D eigenvalue weighted by Gasteiger charge is -2.36. The summed E-state index contributed by atoms with van der Waals surface area (Å²) in [6.45, 7) is 8.90. The minimum atomic E-state index is -0.161. The van der Waals surface area contributed by atoms with E-state index in [0.717, 1.165) is 57.8 Å². The lowest BCUT2D eigenvalue weighted by Crippen LogP contribution is -2.51. The molecule has 3 rings (SSSR count). The number of hydrogen-bond donors (Lipinski definition) is 1. The first-order valence-corrected chi connectivity index (χ1v) is 9.81. The van der Waals surface area contributed by atoms with Gasteiger partial charge in [-0.2, -0.15) is 5.10 Å². The number of carbonyl (C=O) groups is 1. The molecule has 1 unspecified atom stereocenters. The van der Waals surface area contributed by atoms with E-state index in [1.807, 2.05) is 0 Å². The topological polar surface area (TPSA) is 81.4 Å². The van der Waals surface area contributed by atoms with E-state index in [4.69, 9.17) is 4.74 Å². The van der Waals surface area contributed by atoms with E-state index in [2.05, 4.69) is 29.2 Å². The summed E-state index contributed by atoms with van der Waals surface area (Å²) in [5.74, 6) is 1.09. The molecule has 8 heteroatoms. The van der Waals surface area contributed by atoms with Crippen molar-refractivity contribution in [3.05, 3.63) is 16.3 Å². The van der Waals surface area contributed by atoms with Crippen LogP contribution in [0.3, 0.4) is 0 Å². The van der Waals surface area contributed by atoms with Gasteiger partial charge in [-0.1, -0.05) is 20.3 Å². The van der Waals surface area contributed by atoms with Crippen molar-refractivity contribution in [1.29, 1.82) is 0 Å². The summed E-state index contributed by atoms with van der Waals surface area (Å²) in [4.78, 5) is 27.2. The molecule has 1 atom stereocenters. The molecule has 1 saturated heterocycles. The quantitative estimate of drug-likeness (QED) is 0.781. The van der Waals surface area contributed by atoms with Gasteiger partial charge in [0.2, 0.25) is 5.91 Å². The van der Waals surface area contributed by atoms with Gasteiger partial charge < -0.3 is 10.1 Å². The maximum Gasteiger partial charge on any atom is 0.346 e. The van der Waals surface area contributed by atoms with Gasteiger partial charge in [-0.3, -0.25) is 14.3 Å². The van der Waals surface area contributed by atoms with E-state index >= 15 is 0 Å². The minimum absolute atomic E-state index is 0.00718. The number of amides is 1.